The molecule has 1 aromatic rings. The van der Waals surface area contributed by atoms with Crippen molar-refractivity contribution in [2.24, 2.45) is 0 Å². The third-order valence-electron chi connectivity index (χ3n) is 2.93. The van der Waals surface area contributed by atoms with Crippen LogP contribution in [0.5, 0.6) is 0 Å². The van der Waals surface area contributed by atoms with Gasteiger partial charge in [0.25, 0.3) is 11.1 Å². The minimum absolute atomic E-state index is 0.207. The number of nitrogens with one attached hydrogen (secondary N) is 1. The van der Waals surface area contributed by atoms with Crippen LogP contribution in [0.4, 0.5) is 0 Å². The van der Waals surface area contributed by atoms with Gasteiger partial charge in [-0.2, -0.15) is 0 Å². The topological polar surface area (TPSA) is 95.4 Å². The van der Waals surface area contributed by atoms with Gasteiger partial charge in [-0.05, 0) is 12.8 Å². The highest BCUT2D eigenvalue weighted by molar-refractivity contribution is 5.76. The number of H-pyrrole nitrogens is 1. The fourth-order valence-electron chi connectivity index (χ4n) is 2.00. The molecule has 0 aromatic carbocycles. The fourth-order valence-corrected chi connectivity index (χ4v) is 2.00. The van der Waals surface area contributed by atoms with Crippen molar-refractivity contribution in [3.63, 3.8) is 0 Å². The van der Waals surface area contributed by atoms with Crippen molar-refractivity contribution >= 4 is 5.91 Å². The largest absolute Gasteiger partial charge is 0.391 e. The molecule has 0 aliphatic carbocycles. The van der Waals surface area contributed by atoms with E-state index in [0.29, 0.717) is 13.0 Å². The number of likely N-dealkylation sites (tertiary alicyclic amines) is 1. The summed E-state index contributed by atoms with van der Waals surface area (Å²) in [6.07, 6.45) is 0.924. The lowest BCUT2D eigenvalue weighted by Crippen LogP contribution is -2.45. The van der Waals surface area contributed by atoms with Gasteiger partial charge in [-0.1, -0.05) is 0 Å². The molecule has 0 radical (unpaired) electrons. The van der Waals surface area contributed by atoms with Crippen LogP contribution in [-0.2, 0) is 11.3 Å². The van der Waals surface area contributed by atoms with Crippen LogP contribution in [0.25, 0.3) is 0 Å². The van der Waals surface area contributed by atoms with Gasteiger partial charge >= 0.3 is 0 Å². The second-order valence-electron chi connectivity index (χ2n) is 4.37. The average Bonchev–Trinajstić information content (AvgIpc) is 2.34. The van der Waals surface area contributed by atoms with Gasteiger partial charge in [0.2, 0.25) is 5.91 Å². The molecule has 1 atom stereocenters. The maximum atomic E-state index is 11.9. The molecule has 0 bridgehead atoms. The first-order chi connectivity index (χ1) is 8.56. The number of aliphatic hydroxyl groups is 1. The Morgan fingerprint density at radius 3 is 2.94 bits per heavy atom. The third kappa shape index (κ3) is 2.86. The lowest BCUT2D eigenvalue weighted by atomic mass is 10.1. The summed E-state index contributed by atoms with van der Waals surface area (Å²) in [6, 6.07) is 2.24. The van der Waals surface area contributed by atoms with E-state index < -0.39 is 17.2 Å². The van der Waals surface area contributed by atoms with Crippen LogP contribution in [0.3, 0.4) is 0 Å². The number of hydrogen-bond donors (Lipinski definition) is 2. The van der Waals surface area contributed by atoms with Gasteiger partial charge in [0.1, 0.15) is 6.54 Å². The van der Waals surface area contributed by atoms with Crippen LogP contribution in [0, 0.1) is 0 Å². The molecule has 2 N–H and O–H groups in total. The monoisotopic (exact) mass is 253 g/mol. The van der Waals surface area contributed by atoms with Gasteiger partial charge in [0, 0.05) is 25.2 Å². The molecule has 1 amide bonds. The van der Waals surface area contributed by atoms with Crippen molar-refractivity contribution in [1.29, 1.82) is 0 Å². The standard InChI is InChI=1S/C11H15N3O4/c15-8-2-1-5-13(6-8)11(18)7-14-10(17)4-3-9(16)12-14/h3-4,8,15H,1-2,5-7H2,(H,12,16). The van der Waals surface area contributed by atoms with Crippen molar-refractivity contribution in [2.45, 2.75) is 25.5 Å². The van der Waals surface area contributed by atoms with Crippen molar-refractivity contribution in [3.05, 3.63) is 32.8 Å². The molecule has 1 saturated heterocycles. The molecule has 98 valence electrons. The van der Waals surface area contributed by atoms with E-state index >= 15 is 0 Å². The van der Waals surface area contributed by atoms with E-state index in [9.17, 15) is 19.5 Å². The van der Waals surface area contributed by atoms with Gasteiger partial charge in [0.05, 0.1) is 6.10 Å². The highest BCUT2D eigenvalue weighted by Crippen LogP contribution is 2.09. The third-order valence-corrected chi connectivity index (χ3v) is 2.93. The molecule has 1 aromatic heterocycles. The van der Waals surface area contributed by atoms with Crippen molar-refractivity contribution in [2.75, 3.05) is 13.1 Å². The Labute approximate surface area is 103 Å². The van der Waals surface area contributed by atoms with Gasteiger partial charge in [0.15, 0.2) is 0 Å². The molecular weight excluding hydrogens is 238 g/mol. The number of aromatic nitrogens is 2. The van der Waals surface area contributed by atoms with E-state index in [1.54, 1.807) is 0 Å². The Bertz CT molecular complexity index is 548. The second-order valence-corrected chi connectivity index (χ2v) is 4.37. The number of aromatic amines is 1. The number of rotatable bonds is 2. The van der Waals surface area contributed by atoms with Crippen LogP contribution < -0.4 is 11.1 Å². The van der Waals surface area contributed by atoms with E-state index in [2.05, 4.69) is 5.10 Å². The normalized spacial score (nSPS) is 19.8. The van der Waals surface area contributed by atoms with E-state index in [1.807, 2.05) is 0 Å². The number of β-amino-alcohol motifs (C(OH)–C–C–N with tert-alkyl or cyclic N) is 1. The number of carbonyl (C=O) groups is 1. The summed E-state index contributed by atoms with van der Waals surface area (Å²) >= 11 is 0. The zero-order valence-corrected chi connectivity index (χ0v) is 9.83. The molecule has 1 aliphatic rings. The highest BCUT2D eigenvalue weighted by Gasteiger charge is 2.22. The van der Waals surface area contributed by atoms with E-state index in [4.69, 9.17) is 0 Å². The number of carbonyl (C=O) groups excluding carboxylic acids is 1. The van der Waals surface area contributed by atoms with Crippen LogP contribution in [-0.4, -0.2) is 44.9 Å². The molecule has 2 rings (SSSR count). The highest BCUT2D eigenvalue weighted by atomic mass is 16.3. The SMILES string of the molecule is O=C(Cn1[nH]c(=O)ccc1=O)N1CCCC(O)C1. The molecular formula is C11H15N3O4. The maximum absolute atomic E-state index is 11.9. The number of hydrogen-bond acceptors (Lipinski definition) is 4. The van der Waals surface area contributed by atoms with Crippen LogP contribution in [0.15, 0.2) is 21.7 Å². The molecule has 2 heterocycles. The number of nitrogens with zero attached hydrogens (tertiary/aromatic N) is 2. The van der Waals surface area contributed by atoms with Gasteiger partial charge in [-0.15, -0.1) is 0 Å². The van der Waals surface area contributed by atoms with Gasteiger partial charge in [-0.25, -0.2) is 4.68 Å². The van der Waals surface area contributed by atoms with Crippen molar-refractivity contribution in [3.8, 4) is 0 Å². The van der Waals surface area contributed by atoms with E-state index in [1.165, 1.54) is 4.90 Å². The molecule has 1 aliphatic heterocycles. The second kappa shape index (κ2) is 5.18. The summed E-state index contributed by atoms with van der Waals surface area (Å²) in [5.74, 6) is -0.280. The molecule has 1 unspecified atom stereocenters. The maximum Gasteiger partial charge on any atom is 0.265 e. The van der Waals surface area contributed by atoms with E-state index in [-0.39, 0.29) is 19.0 Å². The molecule has 0 saturated carbocycles. The minimum Gasteiger partial charge on any atom is -0.391 e. The van der Waals surface area contributed by atoms with Crippen molar-refractivity contribution in [1.82, 2.24) is 14.7 Å². The van der Waals surface area contributed by atoms with Crippen LogP contribution in [0.2, 0.25) is 0 Å². The lowest BCUT2D eigenvalue weighted by molar-refractivity contribution is -0.135. The summed E-state index contributed by atoms with van der Waals surface area (Å²) < 4.78 is 0.978. The smallest absolute Gasteiger partial charge is 0.265 e. The summed E-state index contributed by atoms with van der Waals surface area (Å²) in [5.41, 5.74) is -0.860. The number of piperidine rings is 1. The first-order valence-corrected chi connectivity index (χ1v) is 5.82. The van der Waals surface area contributed by atoms with Crippen LogP contribution in [0.1, 0.15) is 12.8 Å². The van der Waals surface area contributed by atoms with E-state index in [0.717, 1.165) is 23.2 Å². The summed E-state index contributed by atoms with van der Waals surface area (Å²) in [6.45, 7) is 0.647. The number of aliphatic hydroxyl groups excluding tert-OH is 1. The summed E-state index contributed by atoms with van der Waals surface area (Å²) in [5, 5.41) is 11.8. The minimum atomic E-state index is -0.505. The summed E-state index contributed by atoms with van der Waals surface area (Å²) in [4.78, 5) is 35.9. The lowest BCUT2D eigenvalue weighted by Gasteiger charge is -2.30. The van der Waals surface area contributed by atoms with Crippen molar-refractivity contribution < 1.29 is 9.90 Å². The zero-order chi connectivity index (χ0) is 13.1. The molecule has 0 spiro atoms. The molecule has 7 nitrogen and oxygen atoms in total. The number of amides is 1. The predicted octanol–water partition coefficient (Wildman–Crippen LogP) is -1.48. The Hall–Kier alpha value is -1.89. The van der Waals surface area contributed by atoms with Gasteiger partial charge < -0.3 is 10.0 Å². The Morgan fingerprint density at radius 1 is 1.44 bits per heavy atom. The predicted molar refractivity (Wildman–Crippen MR) is 63.1 cm³/mol. The van der Waals surface area contributed by atoms with Gasteiger partial charge in [-0.3, -0.25) is 19.5 Å². The van der Waals surface area contributed by atoms with Crippen LogP contribution >= 0.6 is 0 Å². The molecule has 7 heteroatoms. The zero-order valence-electron chi connectivity index (χ0n) is 9.83. The quantitative estimate of drug-likeness (QED) is 0.672. The Balaban J connectivity index is 2.09. The summed E-state index contributed by atoms with van der Waals surface area (Å²) in [7, 11) is 0. The first kappa shape index (κ1) is 12.6. The Kier molecular flexibility index (Phi) is 3.61. The fraction of sp³-hybridized carbons (Fsp3) is 0.545. The first-order valence-electron chi connectivity index (χ1n) is 5.82. The average molecular weight is 253 g/mol. The Morgan fingerprint density at radius 2 is 2.22 bits per heavy atom. The molecule has 18 heavy (non-hydrogen) atoms. The molecule has 1 fully saturated rings.